The second-order valence-electron chi connectivity index (χ2n) is 7.06. The number of nitrogens with zero attached hydrogens (tertiary/aromatic N) is 1. The van der Waals surface area contributed by atoms with Gasteiger partial charge in [0.25, 0.3) is 0 Å². The van der Waals surface area contributed by atoms with E-state index < -0.39 is 0 Å². The summed E-state index contributed by atoms with van der Waals surface area (Å²) in [6.07, 6.45) is 3.94. The van der Waals surface area contributed by atoms with Crippen LogP contribution in [0.3, 0.4) is 0 Å². The molecule has 1 saturated carbocycles. The van der Waals surface area contributed by atoms with Gasteiger partial charge < -0.3 is 15.4 Å². The standard InChI is InChI=1S/C16H28ClN5O3/c1-25-16(24)11-8-10(17)2-3-12(11)19-15(23)13-4-5-14(21-20-13)22-7-6-18-9-22/h10-14,18,20-21H,2-9H2,1H3,(H,19,23). The Morgan fingerprint density at radius 1 is 1.20 bits per heavy atom. The van der Waals surface area contributed by atoms with Crippen molar-refractivity contribution in [3.8, 4) is 0 Å². The van der Waals surface area contributed by atoms with Crippen LogP contribution in [0.2, 0.25) is 0 Å². The van der Waals surface area contributed by atoms with E-state index in [1.54, 1.807) is 0 Å². The summed E-state index contributed by atoms with van der Waals surface area (Å²) in [5, 5.41) is 6.30. The first-order valence-electron chi connectivity index (χ1n) is 9.06. The van der Waals surface area contributed by atoms with Crippen LogP contribution in [0, 0.1) is 5.92 Å². The van der Waals surface area contributed by atoms with E-state index in [9.17, 15) is 9.59 Å². The highest BCUT2D eigenvalue weighted by molar-refractivity contribution is 6.20. The molecule has 0 aromatic rings. The fourth-order valence-corrected chi connectivity index (χ4v) is 4.23. The average molecular weight is 374 g/mol. The Hall–Kier alpha value is -0.930. The van der Waals surface area contributed by atoms with Gasteiger partial charge in [-0.2, -0.15) is 0 Å². The first kappa shape index (κ1) is 18.8. The van der Waals surface area contributed by atoms with Crippen molar-refractivity contribution in [1.82, 2.24) is 26.4 Å². The van der Waals surface area contributed by atoms with Gasteiger partial charge in [0.1, 0.15) is 6.04 Å². The van der Waals surface area contributed by atoms with Crippen molar-refractivity contribution in [2.75, 3.05) is 26.9 Å². The molecular weight excluding hydrogens is 346 g/mol. The molecule has 5 atom stereocenters. The maximum Gasteiger partial charge on any atom is 0.310 e. The second-order valence-corrected chi connectivity index (χ2v) is 7.68. The number of rotatable bonds is 4. The zero-order chi connectivity index (χ0) is 17.8. The van der Waals surface area contributed by atoms with Gasteiger partial charge in [0.05, 0.1) is 19.2 Å². The van der Waals surface area contributed by atoms with E-state index >= 15 is 0 Å². The van der Waals surface area contributed by atoms with Crippen molar-refractivity contribution in [2.24, 2.45) is 5.92 Å². The predicted octanol–water partition coefficient (Wildman–Crippen LogP) is -0.503. The third kappa shape index (κ3) is 4.62. The lowest BCUT2D eigenvalue weighted by Gasteiger charge is -2.37. The van der Waals surface area contributed by atoms with E-state index in [4.69, 9.17) is 16.3 Å². The molecule has 25 heavy (non-hydrogen) atoms. The Morgan fingerprint density at radius 3 is 2.68 bits per heavy atom. The number of hydrogen-bond donors (Lipinski definition) is 4. The van der Waals surface area contributed by atoms with E-state index in [1.165, 1.54) is 7.11 Å². The molecule has 9 heteroatoms. The Labute approximate surface area is 153 Å². The van der Waals surface area contributed by atoms with Gasteiger partial charge >= 0.3 is 5.97 Å². The third-order valence-electron chi connectivity index (χ3n) is 5.42. The first-order chi connectivity index (χ1) is 12.1. The van der Waals surface area contributed by atoms with Crippen LogP contribution >= 0.6 is 11.6 Å². The molecule has 3 aliphatic rings. The van der Waals surface area contributed by atoms with Crippen LogP contribution in [0.1, 0.15) is 32.1 Å². The molecule has 0 spiro atoms. The topological polar surface area (TPSA) is 94.7 Å². The van der Waals surface area contributed by atoms with Crippen molar-refractivity contribution in [3.05, 3.63) is 0 Å². The minimum Gasteiger partial charge on any atom is -0.469 e. The highest BCUT2D eigenvalue weighted by atomic mass is 35.5. The molecule has 3 fully saturated rings. The number of ether oxygens (including phenoxy) is 1. The molecule has 0 aromatic carbocycles. The van der Waals surface area contributed by atoms with Crippen molar-refractivity contribution >= 4 is 23.5 Å². The Morgan fingerprint density at radius 2 is 2.04 bits per heavy atom. The molecule has 5 unspecified atom stereocenters. The van der Waals surface area contributed by atoms with Crippen LogP contribution in [0.4, 0.5) is 0 Å². The maximum absolute atomic E-state index is 12.6. The molecule has 0 bridgehead atoms. The SMILES string of the molecule is COC(=O)C1CC(Cl)CCC1NC(=O)C1CCC(N2CCNC2)NN1. The lowest BCUT2D eigenvalue weighted by molar-refractivity contribution is -0.147. The molecule has 1 amide bonds. The lowest BCUT2D eigenvalue weighted by atomic mass is 9.84. The summed E-state index contributed by atoms with van der Waals surface area (Å²) in [5.74, 6) is -0.741. The van der Waals surface area contributed by atoms with Gasteiger partial charge in [-0.1, -0.05) is 0 Å². The minimum absolute atomic E-state index is 0.0402. The number of amides is 1. The normalized spacial score (nSPS) is 36.8. The molecule has 4 N–H and O–H groups in total. The van der Waals surface area contributed by atoms with Crippen LogP contribution in [-0.2, 0) is 14.3 Å². The van der Waals surface area contributed by atoms with E-state index in [1.807, 2.05) is 0 Å². The van der Waals surface area contributed by atoms with Crippen molar-refractivity contribution < 1.29 is 14.3 Å². The van der Waals surface area contributed by atoms with Crippen LogP contribution in [-0.4, -0.2) is 67.3 Å². The zero-order valence-corrected chi connectivity index (χ0v) is 15.3. The van der Waals surface area contributed by atoms with Gasteiger partial charge in [0.15, 0.2) is 0 Å². The molecule has 0 radical (unpaired) electrons. The number of hydrazine groups is 1. The second kappa shape index (κ2) is 8.64. The molecule has 2 heterocycles. The van der Waals surface area contributed by atoms with Gasteiger partial charge in [-0.05, 0) is 32.1 Å². The molecule has 2 aliphatic heterocycles. The zero-order valence-electron chi connectivity index (χ0n) is 14.6. The first-order valence-corrected chi connectivity index (χ1v) is 9.50. The third-order valence-corrected chi connectivity index (χ3v) is 5.82. The Bertz CT molecular complexity index is 480. The van der Waals surface area contributed by atoms with Gasteiger partial charge in [0.2, 0.25) is 5.91 Å². The van der Waals surface area contributed by atoms with Crippen molar-refractivity contribution in [3.63, 3.8) is 0 Å². The van der Waals surface area contributed by atoms with Gasteiger partial charge in [-0.25, -0.2) is 10.9 Å². The quantitative estimate of drug-likeness (QED) is 0.390. The average Bonchev–Trinajstić information content (AvgIpc) is 3.17. The maximum atomic E-state index is 12.6. The summed E-state index contributed by atoms with van der Waals surface area (Å²) >= 11 is 6.19. The van der Waals surface area contributed by atoms with Crippen molar-refractivity contribution in [2.45, 2.75) is 55.7 Å². The summed E-state index contributed by atoms with van der Waals surface area (Å²) in [7, 11) is 1.37. The fourth-order valence-electron chi connectivity index (χ4n) is 3.91. The number of carbonyl (C=O) groups is 2. The number of esters is 1. The number of methoxy groups -OCH3 is 1. The number of hydrogen-bond acceptors (Lipinski definition) is 7. The predicted molar refractivity (Wildman–Crippen MR) is 93.6 cm³/mol. The van der Waals surface area contributed by atoms with Crippen LogP contribution in [0.15, 0.2) is 0 Å². The molecule has 142 valence electrons. The van der Waals surface area contributed by atoms with Gasteiger partial charge in [-0.15, -0.1) is 11.6 Å². The monoisotopic (exact) mass is 373 g/mol. The highest BCUT2D eigenvalue weighted by Crippen LogP contribution is 2.29. The molecular formula is C16H28ClN5O3. The molecule has 3 rings (SSSR count). The van der Waals surface area contributed by atoms with Crippen LogP contribution in [0.25, 0.3) is 0 Å². The van der Waals surface area contributed by atoms with E-state index in [-0.39, 0.29) is 41.4 Å². The summed E-state index contributed by atoms with van der Waals surface area (Å²) in [6.45, 7) is 2.89. The Balaban J connectivity index is 1.50. The molecule has 1 aliphatic carbocycles. The summed E-state index contributed by atoms with van der Waals surface area (Å²) in [5.41, 5.74) is 6.37. The van der Waals surface area contributed by atoms with Crippen LogP contribution in [0.5, 0.6) is 0 Å². The van der Waals surface area contributed by atoms with Gasteiger partial charge in [-0.3, -0.25) is 14.5 Å². The summed E-state index contributed by atoms with van der Waals surface area (Å²) < 4.78 is 4.88. The smallest absolute Gasteiger partial charge is 0.310 e. The number of halogens is 1. The van der Waals surface area contributed by atoms with Crippen molar-refractivity contribution in [1.29, 1.82) is 0 Å². The molecule has 2 saturated heterocycles. The number of nitrogens with one attached hydrogen (secondary N) is 4. The van der Waals surface area contributed by atoms with E-state index in [0.717, 1.165) is 39.0 Å². The minimum atomic E-state index is -0.370. The highest BCUT2D eigenvalue weighted by Gasteiger charge is 2.38. The van der Waals surface area contributed by atoms with E-state index in [0.29, 0.717) is 12.8 Å². The largest absolute Gasteiger partial charge is 0.469 e. The summed E-state index contributed by atoms with van der Waals surface area (Å²) in [4.78, 5) is 26.9. The van der Waals surface area contributed by atoms with E-state index in [2.05, 4.69) is 26.4 Å². The fraction of sp³-hybridized carbons (Fsp3) is 0.875. The number of alkyl halides is 1. The molecule has 8 nitrogen and oxygen atoms in total. The summed E-state index contributed by atoms with van der Waals surface area (Å²) in [6, 6.07) is -0.504. The lowest BCUT2D eigenvalue weighted by Crippen LogP contribution is -2.62. The Kier molecular flexibility index (Phi) is 6.51. The number of carbonyl (C=O) groups excluding carboxylic acids is 2. The van der Waals surface area contributed by atoms with Gasteiger partial charge in [0, 0.05) is 31.2 Å². The van der Waals surface area contributed by atoms with Crippen LogP contribution < -0.4 is 21.5 Å². The molecule has 0 aromatic heterocycles.